The van der Waals surface area contributed by atoms with E-state index < -0.39 is 5.91 Å². The van der Waals surface area contributed by atoms with E-state index in [1.54, 1.807) is 18.3 Å². The van der Waals surface area contributed by atoms with Gasteiger partial charge in [-0.3, -0.25) is 9.59 Å². The molecule has 3 aromatic rings. The molecule has 0 radical (unpaired) electrons. The lowest BCUT2D eigenvalue weighted by Crippen LogP contribution is -2.24. The number of benzene rings is 2. The van der Waals surface area contributed by atoms with Crippen LogP contribution >= 0.6 is 0 Å². The van der Waals surface area contributed by atoms with E-state index in [0.717, 1.165) is 17.6 Å². The highest BCUT2D eigenvalue weighted by atomic mass is 16.2. The van der Waals surface area contributed by atoms with Gasteiger partial charge < -0.3 is 15.6 Å². The van der Waals surface area contributed by atoms with E-state index in [4.69, 9.17) is 5.73 Å². The monoisotopic (exact) mass is 321 g/mol. The van der Waals surface area contributed by atoms with Gasteiger partial charge in [-0.25, -0.2) is 0 Å². The molecule has 0 saturated carbocycles. The summed E-state index contributed by atoms with van der Waals surface area (Å²) in [6.07, 6.45) is 1.55. The second-order valence-electron chi connectivity index (χ2n) is 5.73. The second kappa shape index (κ2) is 6.68. The zero-order chi connectivity index (χ0) is 17.1. The molecule has 0 unspecified atom stereocenters. The number of hydrogen-bond acceptors (Lipinski definition) is 3. The number of primary amides is 1. The van der Waals surface area contributed by atoms with Gasteiger partial charge in [0.05, 0.1) is 5.52 Å². The first kappa shape index (κ1) is 16.0. The first-order valence-corrected chi connectivity index (χ1v) is 7.74. The third-order valence-electron chi connectivity index (χ3n) is 4.01. The molecule has 0 saturated heterocycles. The van der Waals surface area contributed by atoms with Gasteiger partial charge in [-0.1, -0.05) is 36.4 Å². The van der Waals surface area contributed by atoms with Crippen molar-refractivity contribution < 1.29 is 4.79 Å². The van der Waals surface area contributed by atoms with Crippen LogP contribution in [0.2, 0.25) is 0 Å². The van der Waals surface area contributed by atoms with Crippen molar-refractivity contribution in [3.05, 3.63) is 81.6 Å². The summed E-state index contributed by atoms with van der Waals surface area (Å²) in [5.74, 6) is -0.705. The largest absolute Gasteiger partial charge is 0.365 e. The van der Waals surface area contributed by atoms with Crippen molar-refractivity contribution in [2.45, 2.75) is 13.1 Å². The highest BCUT2D eigenvalue weighted by Crippen LogP contribution is 2.14. The number of carbonyl (C=O) groups excluding carboxylic acids is 1. The summed E-state index contributed by atoms with van der Waals surface area (Å²) in [6.45, 7) is 1.37. The molecule has 5 heteroatoms. The molecule has 0 aliphatic rings. The molecule has 5 nitrogen and oxygen atoms in total. The Hall–Kier alpha value is -2.92. The van der Waals surface area contributed by atoms with E-state index in [1.165, 1.54) is 5.56 Å². The lowest BCUT2D eigenvalue weighted by molar-refractivity contribution is 0.0999. The van der Waals surface area contributed by atoms with Crippen molar-refractivity contribution in [1.82, 2.24) is 9.88 Å². The number of nitrogens with two attached hydrogens (primary N) is 1. The van der Waals surface area contributed by atoms with Crippen LogP contribution in [0.25, 0.3) is 10.9 Å². The minimum absolute atomic E-state index is 0.0144. The number of hydrogen-bond donors (Lipinski definition) is 2. The zero-order valence-electron chi connectivity index (χ0n) is 13.5. The lowest BCUT2D eigenvalue weighted by atomic mass is 10.1. The molecule has 24 heavy (non-hydrogen) atoms. The third-order valence-corrected chi connectivity index (χ3v) is 4.01. The SMILES string of the molecule is CNCc1ccc(Cn2cc(C(N)=O)c(=O)c3ccccc32)cc1. The summed E-state index contributed by atoms with van der Waals surface area (Å²) in [4.78, 5) is 24.0. The molecule has 0 atom stereocenters. The summed E-state index contributed by atoms with van der Waals surface area (Å²) >= 11 is 0. The smallest absolute Gasteiger partial charge is 0.254 e. The molecule has 0 aliphatic carbocycles. The maximum atomic E-state index is 12.4. The highest BCUT2D eigenvalue weighted by Gasteiger charge is 2.12. The maximum Gasteiger partial charge on any atom is 0.254 e. The van der Waals surface area contributed by atoms with Crippen LogP contribution in [0, 0.1) is 0 Å². The van der Waals surface area contributed by atoms with E-state index in [0.29, 0.717) is 11.9 Å². The minimum Gasteiger partial charge on any atom is -0.365 e. The molecule has 3 N–H and O–H groups in total. The van der Waals surface area contributed by atoms with E-state index in [9.17, 15) is 9.59 Å². The van der Waals surface area contributed by atoms with Gasteiger partial charge in [-0.15, -0.1) is 0 Å². The first-order valence-electron chi connectivity index (χ1n) is 7.74. The highest BCUT2D eigenvalue weighted by molar-refractivity contribution is 5.96. The number of rotatable bonds is 5. The molecule has 122 valence electrons. The van der Waals surface area contributed by atoms with Gasteiger partial charge >= 0.3 is 0 Å². The average molecular weight is 321 g/mol. The quantitative estimate of drug-likeness (QED) is 0.753. The number of pyridine rings is 1. The lowest BCUT2D eigenvalue weighted by Gasteiger charge is -2.13. The standard InChI is InChI=1S/C19H19N3O2/c1-21-10-13-6-8-14(9-7-13)11-22-12-16(19(20)24)18(23)15-4-2-3-5-17(15)22/h2-9,12,21H,10-11H2,1H3,(H2,20,24). The molecule has 2 aromatic carbocycles. The molecule has 1 heterocycles. The molecular formula is C19H19N3O2. The van der Waals surface area contributed by atoms with Gasteiger partial charge in [0, 0.05) is 24.7 Å². The number of fused-ring (bicyclic) bond motifs is 1. The van der Waals surface area contributed by atoms with Gasteiger partial charge in [0.1, 0.15) is 5.56 Å². The molecule has 0 fully saturated rings. The Morgan fingerprint density at radius 1 is 1.08 bits per heavy atom. The fraction of sp³-hybridized carbons (Fsp3) is 0.158. The normalized spacial score (nSPS) is 10.9. The first-order chi connectivity index (χ1) is 11.6. The van der Waals surface area contributed by atoms with Crippen LogP contribution in [0.5, 0.6) is 0 Å². The van der Waals surface area contributed by atoms with E-state index in [2.05, 4.69) is 17.4 Å². The van der Waals surface area contributed by atoms with Gasteiger partial charge in [0.25, 0.3) is 5.91 Å². The van der Waals surface area contributed by atoms with Crippen molar-refractivity contribution in [2.24, 2.45) is 5.73 Å². The maximum absolute atomic E-state index is 12.4. The number of carbonyl (C=O) groups is 1. The predicted octanol–water partition coefficient (Wildman–Crippen LogP) is 1.87. The minimum atomic E-state index is -0.705. The van der Waals surface area contributed by atoms with E-state index in [1.807, 2.05) is 35.9 Å². The number of para-hydroxylation sites is 1. The average Bonchev–Trinajstić information content (AvgIpc) is 2.59. The van der Waals surface area contributed by atoms with E-state index >= 15 is 0 Å². The van der Waals surface area contributed by atoms with Gasteiger partial charge in [-0.2, -0.15) is 0 Å². The van der Waals surface area contributed by atoms with Crippen LogP contribution in [0.4, 0.5) is 0 Å². The van der Waals surface area contributed by atoms with Crippen LogP contribution in [0.15, 0.2) is 59.5 Å². The molecule has 0 bridgehead atoms. The molecule has 1 amide bonds. The number of amides is 1. The Morgan fingerprint density at radius 2 is 1.75 bits per heavy atom. The van der Waals surface area contributed by atoms with Crippen molar-refractivity contribution in [3.8, 4) is 0 Å². The Kier molecular flexibility index (Phi) is 4.44. The van der Waals surface area contributed by atoms with Gasteiger partial charge in [-0.05, 0) is 30.3 Å². The van der Waals surface area contributed by atoms with Gasteiger partial charge in [0.15, 0.2) is 0 Å². The number of nitrogens with one attached hydrogen (secondary N) is 1. The predicted molar refractivity (Wildman–Crippen MR) is 95.0 cm³/mol. The number of nitrogens with zero attached hydrogens (tertiary/aromatic N) is 1. The fourth-order valence-electron chi connectivity index (χ4n) is 2.81. The van der Waals surface area contributed by atoms with Crippen molar-refractivity contribution in [1.29, 1.82) is 0 Å². The topological polar surface area (TPSA) is 77.1 Å². The summed E-state index contributed by atoms with van der Waals surface area (Å²) in [5, 5.41) is 3.61. The summed E-state index contributed by atoms with van der Waals surface area (Å²) in [7, 11) is 1.91. The second-order valence-corrected chi connectivity index (χ2v) is 5.73. The van der Waals surface area contributed by atoms with Crippen LogP contribution < -0.4 is 16.5 Å². The Morgan fingerprint density at radius 3 is 2.42 bits per heavy atom. The van der Waals surface area contributed by atoms with Crippen LogP contribution in [0.1, 0.15) is 21.5 Å². The molecule has 0 aliphatic heterocycles. The molecule has 0 spiro atoms. The molecular weight excluding hydrogens is 302 g/mol. The van der Waals surface area contributed by atoms with Crippen LogP contribution in [0.3, 0.4) is 0 Å². The molecule has 3 rings (SSSR count). The third kappa shape index (κ3) is 3.07. The Balaban J connectivity index is 2.07. The van der Waals surface area contributed by atoms with Crippen LogP contribution in [-0.4, -0.2) is 17.5 Å². The zero-order valence-corrected chi connectivity index (χ0v) is 13.5. The van der Waals surface area contributed by atoms with Gasteiger partial charge in [0.2, 0.25) is 5.43 Å². The Labute approximate surface area is 139 Å². The van der Waals surface area contributed by atoms with Crippen LogP contribution in [-0.2, 0) is 13.1 Å². The Bertz CT molecular complexity index is 943. The summed E-state index contributed by atoms with van der Waals surface area (Å²) in [6, 6.07) is 15.5. The summed E-state index contributed by atoms with van der Waals surface area (Å²) in [5.41, 5.74) is 8.12. The van der Waals surface area contributed by atoms with Crippen molar-refractivity contribution >= 4 is 16.8 Å². The summed E-state index contributed by atoms with van der Waals surface area (Å²) < 4.78 is 1.89. The molecule has 1 aromatic heterocycles. The van der Waals surface area contributed by atoms with E-state index in [-0.39, 0.29) is 11.0 Å². The number of aromatic nitrogens is 1. The van der Waals surface area contributed by atoms with Crippen molar-refractivity contribution in [3.63, 3.8) is 0 Å². The van der Waals surface area contributed by atoms with Crippen molar-refractivity contribution in [2.75, 3.05) is 7.05 Å². The fourth-order valence-corrected chi connectivity index (χ4v) is 2.81.